The van der Waals surface area contributed by atoms with E-state index in [1.165, 1.54) is 19.3 Å². The highest BCUT2D eigenvalue weighted by Gasteiger charge is 2.48. The van der Waals surface area contributed by atoms with Crippen LogP contribution in [0.1, 0.15) is 92.1 Å². The SMILES string of the molecule is CC(C)(C)NC(=O)C1(C2CCCCC2)CCN(C[C@H](Cc2ccc(Cl)cc2)NC(=O)OC(C)(C)C)CC1. The van der Waals surface area contributed by atoms with Gasteiger partial charge in [0.25, 0.3) is 0 Å². The quantitative estimate of drug-likeness (QED) is 0.428. The summed E-state index contributed by atoms with van der Waals surface area (Å²) in [5.74, 6) is 0.687. The number of piperidine rings is 1. The standard InChI is InChI=1S/C30H48ClN3O3/c1-28(2,3)33-26(35)30(23-10-8-7-9-11-23)16-18-34(19-17-30)21-25(32-27(36)37-29(4,5)6)20-22-12-14-24(31)15-13-22/h12-15,23,25H,7-11,16-21H2,1-6H3,(H,32,36)(H,33,35)/t25-/m0/s1. The number of benzene rings is 1. The molecule has 2 fully saturated rings. The second-order valence-corrected chi connectivity index (χ2v) is 13.6. The number of alkyl carbamates (subject to hydrolysis) is 1. The van der Waals surface area contributed by atoms with E-state index < -0.39 is 11.7 Å². The second kappa shape index (κ2) is 12.4. The first-order valence-electron chi connectivity index (χ1n) is 14.0. The van der Waals surface area contributed by atoms with Crippen molar-refractivity contribution in [3.63, 3.8) is 0 Å². The summed E-state index contributed by atoms with van der Waals surface area (Å²) in [6.45, 7) is 14.2. The summed E-state index contributed by atoms with van der Waals surface area (Å²) in [6.07, 6.45) is 8.04. The summed E-state index contributed by atoms with van der Waals surface area (Å²) in [4.78, 5) is 28.8. The Kier molecular flexibility index (Phi) is 9.96. The Morgan fingerprint density at radius 2 is 1.62 bits per heavy atom. The molecular formula is C30H48ClN3O3. The van der Waals surface area contributed by atoms with Gasteiger partial charge in [0.2, 0.25) is 5.91 Å². The van der Waals surface area contributed by atoms with Gasteiger partial charge < -0.3 is 20.3 Å². The Bertz CT molecular complexity index is 890. The third-order valence-corrected chi connectivity index (χ3v) is 7.92. The first kappa shape index (κ1) is 29.8. The number of hydrogen-bond acceptors (Lipinski definition) is 4. The molecule has 7 heteroatoms. The van der Waals surface area contributed by atoms with E-state index in [9.17, 15) is 9.59 Å². The lowest BCUT2D eigenvalue weighted by atomic mass is 9.63. The molecule has 1 atom stereocenters. The number of carbonyl (C=O) groups is 2. The molecule has 3 rings (SSSR count). The molecule has 6 nitrogen and oxygen atoms in total. The summed E-state index contributed by atoms with van der Waals surface area (Å²) in [6, 6.07) is 7.67. The number of amides is 2. The van der Waals surface area contributed by atoms with Crippen LogP contribution in [0, 0.1) is 11.3 Å². The van der Waals surface area contributed by atoms with E-state index in [0.717, 1.165) is 44.3 Å². The molecule has 1 aliphatic carbocycles. The number of rotatable bonds is 7. The van der Waals surface area contributed by atoms with E-state index >= 15 is 0 Å². The van der Waals surface area contributed by atoms with Gasteiger partial charge in [-0.1, -0.05) is 43.0 Å². The molecule has 1 saturated heterocycles. The highest BCUT2D eigenvalue weighted by atomic mass is 35.5. The molecule has 1 aromatic rings. The zero-order valence-corrected chi connectivity index (χ0v) is 24.5. The van der Waals surface area contributed by atoms with Gasteiger partial charge in [-0.3, -0.25) is 4.79 Å². The molecular weight excluding hydrogens is 486 g/mol. The number of hydrogen-bond donors (Lipinski definition) is 2. The van der Waals surface area contributed by atoms with Gasteiger partial charge in [-0.15, -0.1) is 0 Å². The van der Waals surface area contributed by atoms with E-state index in [4.69, 9.17) is 16.3 Å². The van der Waals surface area contributed by atoms with Crippen LogP contribution in [-0.4, -0.2) is 53.7 Å². The topological polar surface area (TPSA) is 70.7 Å². The lowest BCUT2D eigenvalue weighted by molar-refractivity contribution is -0.141. The third kappa shape index (κ3) is 9.17. The molecule has 1 aliphatic heterocycles. The lowest BCUT2D eigenvalue weighted by Gasteiger charge is -2.48. The number of likely N-dealkylation sites (tertiary alicyclic amines) is 1. The van der Waals surface area contributed by atoms with Crippen molar-refractivity contribution in [3.05, 3.63) is 34.9 Å². The molecule has 2 aliphatic rings. The van der Waals surface area contributed by atoms with Crippen LogP contribution in [-0.2, 0) is 16.0 Å². The van der Waals surface area contributed by atoms with Crippen LogP contribution < -0.4 is 10.6 Å². The van der Waals surface area contributed by atoms with Gasteiger partial charge in [0.15, 0.2) is 0 Å². The van der Waals surface area contributed by atoms with E-state index in [1.807, 2.05) is 45.0 Å². The summed E-state index contributed by atoms with van der Waals surface area (Å²) in [7, 11) is 0. The molecule has 1 aromatic carbocycles. The van der Waals surface area contributed by atoms with Crippen molar-refractivity contribution < 1.29 is 14.3 Å². The Balaban J connectivity index is 1.71. The van der Waals surface area contributed by atoms with Crippen LogP contribution >= 0.6 is 11.6 Å². The maximum Gasteiger partial charge on any atom is 0.407 e. The van der Waals surface area contributed by atoms with Gasteiger partial charge >= 0.3 is 6.09 Å². The molecule has 208 valence electrons. The first-order valence-corrected chi connectivity index (χ1v) is 14.4. The zero-order valence-electron chi connectivity index (χ0n) is 23.8. The van der Waals surface area contributed by atoms with Gasteiger partial charge in [-0.05, 0) is 110 Å². The predicted molar refractivity (Wildman–Crippen MR) is 151 cm³/mol. The average Bonchev–Trinajstić information content (AvgIpc) is 2.79. The van der Waals surface area contributed by atoms with Gasteiger partial charge in [-0.25, -0.2) is 4.79 Å². The fourth-order valence-electron chi connectivity index (χ4n) is 5.93. The molecule has 2 N–H and O–H groups in total. The third-order valence-electron chi connectivity index (χ3n) is 7.67. The lowest BCUT2D eigenvalue weighted by Crippen LogP contribution is -2.57. The Hall–Kier alpha value is -1.79. The normalized spacial score (nSPS) is 20.2. The molecule has 0 bridgehead atoms. The zero-order chi connectivity index (χ0) is 27.3. The smallest absolute Gasteiger partial charge is 0.407 e. The van der Waals surface area contributed by atoms with E-state index in [1.54, 1.807) is 0 Å². The minimum Gasteiger partial charge on any atom is -0.444 e. The number of halogens is 1. The van der Waals surface area contributed by atoms with Gasteiger partial charge in [0.05, 0.1) is 5.41 Å². The fraction of sp³-hybridized carbons (Fsp3) is 0.733. The van der Waals surface area contributed by atoms with Crippen molar-refractivity contribution >= 4 is 23.6 Å². The molecule has 0 unspecified atom stereocenters. The largest absolute Gasteiger partial charge is 0.444 e. The van der Waals surface area contributed by atoms with Crippen molar-refractivity contribution in [3.8, 4) is 0 Å². The molecule has 2 amide bonds. The van der Waals surface area contributed by atoms with Crippen molar-refractivity contribution in [1.82, 2.24) is 15.5 Å². The summed E-state index contributed by atoms with van der Waals surface area (Å²) in [5.41, 5.74) is 0.0226. The van der Waals surface area contributed by atoms with Crippen molar-refractivity contribution in [1.29, 1.82) is 0 Å². The maximum atomic E-state index is 13.7. The van der Waals surface area contributed by atoms with Crippen LogP contribution in [0.2, 0.25) is 5.02 Å². The second-order valence-electron chi connectivity index (χ2n) is 13.2. The van der Waals surface area contributed by atoms with Crippen LogP contribution in [0.5, 0.6) is 0 Å². The van der Waals surface area contributed by atoms with Gasteiger partial charge in [0, 0.05) is 23.1 Å². The van der Waals surface area contributed by atoms with Crippen LogP contribution in [0.25, 0.3) is 0 Å². The molecule has 1 heterocycles. The molecule has 0 radical (unpaired) electrons. The van der Waals surface area contributed by atoms with Crippen LogP contribution in [0.4, 0.5) is 4.79 Å². The molecule has 1 saturated carbocycles. The molecule has 37 heavy (non-hydrogen) atoms. The molecule has 0 spiro atoms. The minimum absolute atomic E-state index is 0.110. The first-order chi connectivity index (χ1) is 17.3. The van der Waals surface area contributed by atoms with E-state index in [0.29, 0.717) is 23.9 Å². The van der Waals surface area contributed by atoms with Crippen molar-refractivity contribution in [2.45, 2.75) is 110 Å². The van der Waals surface area contributed by atoms with Gasteiger partial charge in [0.1, 0.15) is 5.60 Å². The van der Waals surface area contributed by atoms with Crippen LogP contribution in [0.3, 0.4) is 0 Å². The van der Waals surface area contributed by atoms with Crippen molar-refractivity contribution in [2.24, 2.45) is 11.3 Å². The monoisotopic (exact) mass is 533 g/mol. The van der Waals surface area contributed by atoms with E-state index in [-0.39, 0.29) is 22.9 Å². The highest BCUT2D eigenvalue weighted by Crippen LogP contribution is 2.46. The molecule has 0 aromatic heterocycles. The van der Waals surface area contributed by atoms with E-state index in [2.05, 4.69) is 36.3 Å². The summed E-state index contributed by atoms with van der Waals surface area (Å²) in [5, 5.41) is 7.13. The number of carbonyl (C=O) groups excluding carboxylic acids is 2. The Morgan fingerprint density at radius 1 is 1.03 bits per heavy atom. The highest BCUT2D eigenvalue weighted by molar-refractivity contribution is 6.30. The van der Waals surface area contributed by atoms with Crippen LogP contribution in [0.15, 0.2) is 24.3 Å². The predicted octanol–water partition coefficient (Wildman–Crippen LogP) is 6.35. The number of nitrogens with one attached hydrogen (secondary N) is 2. The number of nitrogens with zero attached hydrogens (tertiary/aromatic N) is 1. The number of ether oxygens (including phenoxy) is 1. The average molecular weight is 534 g/mol. The Labute approximate surface area is 229 Å². The summed E-state index contributed by atoms with van der Waals surface area (Å²) >= 11 is 6.09. The maximum absolute atomic E-state index is 13.7. The minimum atomic E-state index is -0.556. The van der Waals surface area contributed by atoms with Gasteiger partial charge in [-0.2, -0.15) is 0 Å². The summed E-state index contributed by atoms with van der Waals surface area (Å²) < 4.78 is 5.56. The Morgan fingerprint density at radius 3 is 2.16 bits per heavy atom. The fourth-order valence-corrected chi connectivity index (χ4v) is 6.05. The van der Waals surface area contributed by atoms with Crippen molar-refractivity contribution in [2.75, 3.05) is 19.6 Å².